The van der Waals surface area contributed by atoms with E-state index in [9.17, 15) is 0 Å². The van der Waals surface area contributed by atoms with Gasteiger partial charge in [0.05, 0.1) is 0 Å². The molecule has 1 heterocycles. The number of nitrogens with zero attached hydrogens (tertiary/aromatic N) is 1. The summed E-state index contributed by atoms with van der Waals surface area (Å²) in [5.74, 6) is 0. The Labute approximate surface area is 81.4 Å². The van der Waals surface area contributed by atoms with Crippen LogP contribution in [0.25, 0.3) is 0 Å². The first-order valence-electron chi connectivity index (χ1n) is 4.89. The van der Waals surface area contributed by atoms with Crippen LogP contribution in [-0.4, -0.2) is 25.0 Å². The van der Waals surface area contributed by atoms with Crippen molar-refractivity contribution in [1.82, 2.24) is 4.90 Å². The van der Waals surface area contributed by atoms with Crippen LogP contribution >= 0.6 is 0 Å². The molecule has 0 fully saturated rings. The fourth-order valence-corrected chi connectivity index (χ4v) is 1.76. The van der Waals surface area contributed by atoms with Crippen molar-refractivity contribution >= 4 is 0 Å². The van der Waals surface area contributed by atoms with Crippen molar-refractivity contribution in [2.24, 2.45) is 0 Å². The van der Waals surface area contributed by atoms with Crippen LogP contribution in [0.3, 0.4) is 0 Å². The molecule has 0 aliphatic carbocycles. The SMILES string of the molecule is C=CC1=C(C)/C(=C/CC)CN(C)C1. The topological polar surface area (TPSA) is 3.24 Å². The van der Waals surface area contributed by atoms with E-state index in [4.69, 9.17) is 0 Å². The quantitative estimate of drug-likeness (QED) is 0.627. The molecule has 1 aliphatic heterocycles. The van der Waals surface area contributed by atoms with Gasteiger partial charge in [0.25, 0.3) is 0 Å². The van der Waals surface area contributed by atoms with Gasteiger partial charge in [-0.3, -0.25) is 4.90 Å². The fraction of sp³-hybridized carbons (Fsp3) is 0.500. The van der Waals surface area contributed by atoms with Gasteiger partial charge < -0.3 is 0 Å². The van der Waals surface area contributed by atoms with Crippen LogP contribution in [-0.2, 0) is 0 Å². The molecular weight excluding hydrogens is 158 g/mol. The normalized spacial score (nSPS) is 22.5. The molecule has 0 spiro atoms. The largest absolute Gasteiger partial charge is 0.298 e. The molecule has 13 heavy (non-hydrogen) atoms. The molecule has 1 aliphatic rings. The second-order valence-electron chi connectivity index (χ2n) is 3.66. The summed E-state index contributed by atoms with van der Waals surface area (Å²) in [5, 5.41) is 0. The summed E-state index contributed by atoms with van der Waals surface area (Å²) in [6.45, 7) is 10.4. The molecule has 0 bridgehead atoms. The molecule has 0 aromatic heterocycles. The third kappa shape index (κ3) is 2.31. The molecule has 0 saturated heterocycles. The van der Waals surface area contributed by atoms with Gasteiger partial charge in [-0.1, -0.05) is 25.7 Å². The minimum absolute atomic E-state index is 1.04. The Morgan fingerprint density at radius 1 is 1.46 bits per heavy atom. The van der Waals surface area contributed by atoms with Crippen molar-refractivity contribution in [3.8, 4) is 0 Å². The van der Waals surface area contributed by atoms with Gasteiger partial charge in [0.2, 0.25) is 0 Å². The van der Waals surface area contributed by atoms with Gasteiger partial charge in [-0.15, -0.1) is 0 Å². The Morgan fingerprint density at radius 2 is 2.15 bits per heavy atom. The Hall–Kier alpha value is -0.820. The van der Waals surface area contributed by atoms with Crippen molar-refractivity contribution < 1.29 is 0 Å². The molecule has 1 rings (SSSR count). The highest BCUT2D eigenvalue weighted by atomic mass is 15.1. The third-order valence-electron chi connectivity index (χ3n) is 2.54. The van der Waals surface area contributed by atoms with Crippen molar-refractivity contribution in [3.63, 3.8) is 0 Å². The Balaban J connectivity index is 2.98. The van der Waals surface area contributed by atoms with Crippen molar-refractivity contribution in [1.29, 1.82) is 0 Å². The van der Waals surface area contributed by atoms with E-state index < -0.39 is 0 Å². The summed E-state index contributed by atoms with van der Waals surface area (Å²) in [5.41, 5.74) is 4.26. The van der Waals surface area contributed by atoms with Gasteiger partial charge in [-0.05, 0) is 37.1 Å². The molecule has 0 amide bonds. The molecule has 1 nitrogen and oxygen atoms in total. The maximum atomic E-state index is 3.85. The minimum atomic E-state index is 1.04. The van der Waals surface area contributed by atoms with E-state index in [-0.39, 0.29) is 0 Å². The molecule has 1 heteroatoms. The smallest absolute Gasteiger partial charge is 0.0236 e. The van der Waals surface area contributed by atoms with Gasteiger partial charge in [0.15, 0.2) is 0 Å². The standard InChI is InChI=1S/C12H19N/c1-5-7-12-9-13(4)8-11(6-2)10(12)3/h6-7H,2,5,8-9H2,1,3-4H3/b12-7+. The average Bonchev–Trinajstić information content (AvgIpc) is 2.11. The number of allylic oxidation sites excluding steroid dienone is 1. The predicted molar refractivity (Wildman–Crippen MR) is 58.8 cm³/mol. The first kappa shape index (κ1) is 10.3. The summed E-state index contributed by atoms with van der Waals surface area (Å²) in [4.78, 5) is 2.32. The zero-order valence-electron chi connectivity index (χ0n) is 8.93. The van der Waals surface area contributed by atoms with Crippen molar-refractivity contribution in [2.45, 2.75) is 20.3 Å². The first-order valence-corrected chi connectivity index (χ1v) is 4.89. The van der Waals surface area contributed by atoms with Crippen LogP contribution in [0.15, 0.2) is 35.5 Å². The van der Waals surface area contributed by atoms with Crippen molar-refractivity contribution in [3.05, 3.63) is 35.5 Å². The Bertz CT molecular complexity index is 258. The van der Waals surface area contributed by atoms with Gasteiger partial charge in [0.1, 0.15) is 0 Å². The van der Waals surface area contributed by atoms with E-state index in [1.54, 1.807) is 0 Å². The molecule has 0 N–H and O–H groups in total. The van der Waals surface area contributed by atoms with Crippen LogP contribution in [0.5, 0.6) is 0 Å². The molecule has 0 unspecified atom stereocenters. The third-order valence-corrected chi connectivity index (χ3v) is 2.54. The van der Waals surface area contributed by atoms with E-state index in [2.05, 4.69) is 38.5 Å². The second kappa shape index (κ2) is 4.43. The zero-order chi connectivity index (χ0) is 9.84. The van der Waals surface area contributed by atoms with Crippen LogP contribution in [0.1, 0.15) is 20.3 Å². The van der Waals surface area contributed by atoms with E-state index in [1.165, 1.54) is 16.7 Å². The van der Waals surface area contributed by atoms with Crippen LogP contribution in [0.4, 0.5) is 0 Å². The lowest BCUT2D eigenvalue weighted by Crippen LogP contribution is -2.28. The van der Waals surface area contributed by atoms with Gasteiger partial charge in [0, 0.05) is 13.1 Å². The highest BCUT2D eigenvalue weighted by Crippen LogP contribution is 2.22. The van der Waals surface area contributed by atoms with Gasteiger partial charge in [-0.25, -0.2) is 0 Å². The molecule has 0 saturated carbocycles. The van der Waals surface area contributed by atoms with Crippen LogP contribution in [0.2, 0.25) is 0 Å². The molecule has 72 valence electrons. The predicted octanol–water partition coefficient (Wildman–Crippen LogP) is 2.77. The number of hydrogen-bond donors (Lipinski definition) is 0. The summed E-state index contributed by atoms with van der Waals surface area (Å²) in [6.07, 6.45) is 5.41. The Kier molecular flexibility index (Phi) is 3.49. The molecule has 0 atom stereocenters. The lowest BCUT2D eigenvalue weighted by atomic mass is 9.96. The van der Waals surface area contributed by atoms with Gasteiger partial charge in [-0.2, -0.15) is 0 Å². The maximum Gasteiger partial charge on any atom is 0.0236 e. The van der Waals surface area contributed by atoms with E-state index in [0.29, 0.717) is 0 Å². The number of likely N-dealkylation sites (N-methyl/N-ethyl adjacent to an activating group) is 1. The highest BCUT2D eigenvalue weighted by molar-refractivity contribution is 5.42. The van der Waals surface area contributed by atoms with E-state index in [0.717, 1.165) is 19.5 Å². The van der Waals surface area contributed by atoms with Gasteiger partial charge >= 0.3 is 0 Å². The van der Waals surface area contributed by atoms with E-state index >= 15 is 0 Å². The van der Waals surface area contributed by atoms with Crippen LogP contribution in [0, 0.1) is 0 Å². The number of rotatable bonds is 2. The van der Waals surface area contributed by atoms with E-state index in [1.807, 2.05) is 6.08 Å². The lowest BCUT2D eigenvalue weighted by molar-refractivity contribution is 0.385. The fourth-order valence-electron chi connectivity index (χ4n) is 1.76. The molecule has 0 aromatic carbocycles. The summed E-state index contributed by atoms with van der Waals surface area (Å²) in [7, 11) is 2.15. The molecule has 0 radical (unpaired) electrons. The van der Waals surface area contributed by atoms with Crippen molar-refractivity contribution in [2.75, 3.05) is 20.1 Å². The average molecular weight is 177 g/mol. The maximum absolute atomic E-state index is 3.85. The monoisotopic (exact) mass is 177 g/mol. The first-order chi connectivity index (χ1) is 6.19. The molecular formula is C12H19N. The highest BCUT2D eigenvalue weighted by Gasteiger charge is 2.14. The zero-order valence-corrected chi connectivity index (χ0v) is 8.93. The summed E-state index contributed by atoms with van der Waals surface area (Å²) < 4.78 is 0. The summed E-state index contributed by atoms with van der Waals surface area (Å²) >= 11 is 0. The summed E-state index contributed by atoms with van der Waals surface area (Å²) in [6, 6.07) is 0. The second-order valence-corrected chi connectivity index (χ2v) is 3.66. The van der Waals surface area contributed by atoms with Crippen LogP contribution < -0.4 is 0 Å². The lowest BCUT2D eigenvalue weighted by Gasteiger charge is -2.27. The molecule has 0 aromatic rings. The number of hydrogen-bond acceptors (Lipinski definition) is 1. The Morgan fingerprint density at radius 3 is 2.69 bits per heavy atom. The minimum Gasteiger partial charge on any atom is -0.298 e.